The van der Waals surface area contributed by atoms with Crippen molar-refractivity contribution in [1.82, 2.24) is 0 Å². The fourth-order valence-corrected chi connectivity index (χ4v) is 3.05. The summed E-state index contributed by atoms with van der Waals surface area (Å²) in [6.07, 6.45) is 7.35. The second-order valence-corrected chi connectivity index (χ2v) is 6.91. The van der Waals surface area contributed by atoms with Crippen molar-refractivity contribution in [2.75, 3.05) is 0 Å². The van der Waals surface area contributed by atoms with Gasteiger partial charge in [-0.05, 0) is 43.7 Å². The summed E-state index contributed by atoms with van der Waals surface area (Å²) in [4.78, 5) is 11.6. The molecular formula is C21H33FO4. The van der Waals surface area contributed by atoms with Crippen LogP contribution in [0.2, 0.25) is 0 Å². The summed E-state index contributed by atoms with van der Waals surface area (Å²) in [5.74, 6) is -1.55. The lowest BCUT2D eigenvalue weighted by atomic mass is 9.98. The molecule has 0 radical (unpaired) electrons. The molecule has 1 fully saturated rings. The SMILES string of the molecule is CCCCCC.O=C(Oc1ccccc1F)C(O)CC[C@@H]1CCCC1O. The molecule has 4 nitrogen and oxygen atoms in total. The van der Waals surface area contributed by atoms with E-state index in [0.29, 0.717) is 6.42 Å². The number of halogens is 1. The molecule has 0 bridgehead atoms. The quantitative estimate of drug-likeness (QED) is 0.399. The third-order valence-corrected chi connectivity index (χ3v) is 4.71. The minimum absolute atomic E-state index is 0.130. The third kappa shape index (κ3) is 8.28. The number of aliphatic hydroxyl groups is 2. The number of para-hydroxylation sites is 1. The summed E-state index contributed by atoms with van der Waals surface area (Å²) in [7, 11) is 0. The summed E-state index contributed by atoms with van der Waals surface area (Å²) in [6.45, 7) is 4.46. The molecule has 0 aliphatic heterocycles. The predicted molar refractivity (Wildman–Crippen MR) is 100 cm³/mol. The second-order valence-electron chi connectivity index (χ2n) is 6.91. The highest BCUT2D eigenvalue weighted by Gasteiger charge is 2.27. The zero-order chi connectivity index (χ0) is 19.4. The first-order chi connectivity index (χ1) is 12.5. The molecule has 2 rings (SSSR count). The molecule has 1 aromatic rings. The van der Waals surface area contributed by atoms with E-state index < -0.39 is 17.9 Å². The number of hydrogen-bond donors (Lipinski definition) is 2. The van der Waals surface area contributed by atoms with Crippen LogP contribution in [0.25, 0.3) is 0 Å². The molecule has 148 valence electrons. The lowest BCUT2D eigenvalue weighted by Gasteiger charge is -2.16. The van der Waals surface area contributed by atoms with Crippen molar-refractivity contribution in [3.8, 4) is 5.75 Å². The Morgan fingerprint density at radius 2 is 1.88 bits per heavy atom. The molecule has 2 unspecified atom stereocenters. The first-order valence-electron chi connectivity index (χ1n) is 9.81. The van der Waals surface area contributed by atoms with Crippen LogP contribution in [0, 0.1) is 11.7 Å². The van der Waals surface area contributed by atoms with Gasteiger partial charge >= 0.3 is 5.97 Å². The minimum Gasteiger partial charge on any atom is -0.421 e. The highest BCUT2D eigenvalue weighted by molar-refractivity contribution is 5.76. The van der Waals surface area contributed by atoms with Gasteiger partial charge in [0.1, 0.15) is 0 Å². The van der Waals surface area contributed by atoms with Gasteiger partial charge in [0.25, 0.3) is 0 Å². The van der Waals surface area contributed by atoms with Gasteiger partial charge in [0.05, 0.1) is 6.10 Å². The van der Waals surface area contributed by atoms with Crippen LogP contribution in [0.1, 0.15) is 71.6 Å². The normalized spacial score (nSPS) is 20.2. The van der Waals surface area contributed by atoms with Crippen LogP contribution in [0.5, 0.6) is 5.75 Å². The largest absolute Gasteiger partial charge is 0.421 e. The maximum atomic E-state index is 13.3. The number of ether oxygens (including phenoxy) is 1. The lowest BCUT2D eigenvalue weighted by Crippen LogP contribution is -2.27. The van der Waals surface area contributed by atoms with Crippen LogP contribution in [0.3, 0.4) is 0 Å². The Morgan fingerprint density at radius 3 is 2.42 bits per heavy atom. The second kappa shape index (κ2) is 12.8. The van der Waals surface area contributed by atoms with E-state index in [2.05, 4.69) is 13.8 Å². The molecule has 0 spiro atoms. The summed E-state index contributed by atoms with van der Waals surface area (Å²) < 4.78 is 18.1. The summed E-state index contributed by atoms with van der Waals surface area (Å²) in [5.41, 5.74) is 0. The van der Waals surface area contributed by atoms with Gasteiger partial charge in [-0.2, -0.15) is 0 Å². The van der Waals surface area contributed by atoms with Crippen molar-refractivity contribution < 1.29 is 24.1 Å². The van der Waals surface area contributed by atoms with Gasteiger partial charge in [-0.1, -0.05) is 58.1 Å². The van der Waals surface area contributed by atoms with E-state index in [1.54, 1.807) is 6.07 Å². The van der Waals surface area contributed by atoms with Crippen molar-refractivity contribution in [3.63, 3.8) is 0 Å². The average Bonchev–Trinajstić information content (AvgIpc) is 3.05. The Hall–Kier alpha value is -1.46. The molecule has 26 heavy (non-hydrogen) atoms. The molecule has 5 heteroatoms. The smallest absolute Gasteiger partial charge is 0.340 e. The summed E-state index contributed by atoms with van der Waals surface area (Å²) in [5, 5.41) is 19.4. The van der Waals surface area contributed by atoms with Crippen LogP contribution in [-0.2, 0) is 4.79 Å². The number of esters is 1. The third-order valence-electron chi connectivity index (χ3n) is 4.71. The average molecular weight is 368 g/mol. The topological polar surface area (TPSA) is 66.8 Å². The van der Waals surface area contributed by atoms with Crippen LogP contribution in [0.4, 0.5) is 4.39 Å². The van der Waals surface area contributed by atoms with E-state index >= 15 is 0 Å². The van der Waals surface area contributed by atoms with Crippen LogP contribution < -0.4 is 4.74 Å². The monoisotopic (exact) mass is 368 g/mol. The first-order valence-corrected chi connectivity index (χ1v) is 9.81. The first kappa shape index (κ1) is 22.6. The number of hydrogen-bond acceptors (Lipinski definition) is 4. The minimum atomic E-state index is -1.29. The number of unbranched alkanes of at least 4 members (excludes halogenated alkanes) is 3. The Bertz CT molecular complexity index is 516. The van der Waals surface area contributed by atoms with Crippen molar-refractivity contribution in [1.29, 1.82) is 0 Å². The highest BCUT2D eigenvalue weighted by Crippen LogP contribution is 2.29. The molecule has 3 atom stereocenters. The molecule has 1 aliphatic carbocycles. The van der Waals surface area contributed by atoms with Crippen molar-refractivity contribution in [2.45, 2.75) is 83.8 Å². The van der Waals surface area contributed by atoms with Crippen molar-refractivity contribution in [2.24, 2.45) is 5.92 Å². The predicted octanol–water partition coefficient (Wildman–Crippen LogP) is 4.62. The number of carbonyl (C=O) groups excluding carboxylic acids is 1. The van der Waals surface area contributed by atoms with Gasteiger partial charge in [0, 0.05) is 0 Å². The fraction of sp³-hybridized carbons (Fsp3) is 0.667. The molecule has 0 amide bonds. The van der Waals surface area contributed by atoms with Crippen LogP contribution >= 0.6 is 0 Å². The van der Waals surface area contributed by atoms with Gasteiger partial charge in [-0.3, -0.25) is 0 Å². The number of carbonyl (C=O) groups is 1. The molecule has 0 saturated heterocycles. The van der Waals surface area contributed by atoms with E-state index in [9.17, 15) is 19.4 Å². The standard InChI is InChI=1S/C15H19FO4.C6H14/c16-11-5-1-2-7-14(11)20-15(19)13(18)9-8-10-4-3-6-12(10)17;1-3-5-6-4-2/h1-2,5,7,10,12-13,17-18H,3-4,6,8-9H2;3-6H2,1-2H3/t10-,12?,13?;/m0./s1. The van der Waals surface area contributed by atoms with E-state index in [1.165, 1.54) is 43.9 Å². The maximum absolute atomic E-state index is 13.3. The van der Waals surface area contributed by atoms with E-state index in [-0.39, 0.29) is 24.2 Å². The zero-order valence-electron chi connectivity index (χ0n) is 16.0. The highest BCUT2D eigenvalue weighted by atomic mass is 19.1. The maximum Gasteiger partial charge on any atom is 0.340 e. The van der Waals surface area contributed by atoms with Crippen LogP contribution in [0.15, 0.2) is 24.3 Å². The van der Waals surface area contributed by atoms with E-state index in [1.807, 2.05) is 0 Å². The zero-order valence-corrected chi connectivity index (χ0v) is 16.0. The fourth-order valence-electron chi connectivity index (χ4n) is 3.05. The molecular weight excluding hydrogens is 335 g/mol. The number of rotatable bonds is 8. The van der Waals surface area contributed by atoms with Gasteiger partial charge in [-0.15, -0.1) is 0 Å². The molecule has 2 N–H and O–H groups in total. The molecule has 1 aliphatic rings. The number of aliphatic hydroxyl groups excluding tert-OH is 2. The number of benzene rings is 1. The summed E-state index contributed by atoms with van der Waals surface area (Å²) >= 11 is 0. The molecule has 0 aromatic heterocycles. The molecule has 0 heterocycles. The Balaban J connectivity index is 0.000000487. The molecule has 1 aromatic carbocycles. The summed E-state index contributed by atoms with van der Waals surface area (Å²) in [6, 6.07) is 5.56. The van der Waals surface area contributed by atoms with Gasteiger partial charge in [0.15, 0.2) is 17.7 Å². The Morgan fingerprint density at radius 1 is 1.23 bits per heavy atom. The van der Waals surface area contributed by atoms with Gasteiger partial charge in [-0.25, -0.2) is 9.18 Å². The van der Waals surface area contributed by atoms with Crippen molar-refractivity contribution in [3.05, 3.63) is 30.1 Å². The van der Waals surface area contributed by atoms with E-state index in [4.69, 9.17) is 4.74 Å². The van der Waals surface area contributed by atoms with Gasteiger partial charge < -0.3 is 14.9 Å². The lowest BCUT2D eigenvalue weighted by molar-refractivity contribution is -0.144. The van der Waals surface area contributed by atoms with Gasteiger partial charge in [0.2, 0.25) is 0 Å². The Kier molecular flexibility index (Phi) is 11.1. The Labute approximate surface area is 156 Å². The van der Waals surface area contributed by atoms with Crippen LogP contribution in [-0.4, -0.2) is 28.4 Å². The van der Waals surface area contributed by atoms with Crippen molar-refractivity contribution >= 4 is 5.97 Å². The molecule has 1 saturated carbocycles. The van der Waals surface area contributed by atoms with E-state index in [0.717, 1.165) is 19.3 Å².